The van der Waals surface area contributed by atoms with Gasteiger partial charge in [-0.25, -0.2) is 0 Å². The number of nitrogens with zero attached hydrogens (tertiary/aromatic N) is 1. The third-order valence-corrected chi connectivity index (χ3v) is 6.13. The van der Waals surface area contributed by atoms with E-state index in [0.29, 0.717) is 39.2 Å². The maximum atomic E-state index is 12.7. The second kappa shape index (κ2) is 8.33. The maximum Gasteiger partial charge on any atom is 0.291 e. The Morgan fingerprint density at radius 2 is 2.00 bits per heavy atom. The van der Waals surface area contributed by atoms with E-state index in [9.17, 15) is 14.4 Å². The first kappa shape index (κ1) is 20.2. The van der Waals surface area contributed by atoms with Crippen molar-refractivity contribution in [2.45, 2.75) is 19.8 Å². The van der Waals surface area contributed by atoms with Crippen LogP contribution in [0.25, 0.3) is 0 Å². The van der Waals surface area contributed by atoms with Gasteiger partial charge in [-0.3, -0.25) is 14.4 Å². The molecule has 3 aromatic rings. The summed E-state index contributed by atoms with van der Waals surface area (Å²) in [7, 11) is 0. The van der Waals surface area contributed by atoms with Crippen LogP contribution in [0, 0.1) is 6.92 Å². The number of anilines is 3. The molecule has 1 aliphatic heterocycles. The molecule has 4 rings (SSSR count). The highest BCUT2D eigenvalue weighted by molar-refractivity contribution is 7.18. The van der Waals surface area contributed by atoms with E-state index in [1.165, 1.54) is 17.6 Å². The van der Waals surface area contributed by atoms with Crippen molar-refractivity contribution in [3.05, 3.63) is 63.9 Å². The quantitative estimate of drug-likeness (QED) is 0.584. The zero-order valence-corrected chi connectivity index (χ0v) is 17.6. The Morgan fingerprint density at radius 1 is 1.17 bits per heavy atom. The zero-order chi connectivity index (χ0) is 21.3. The predicted octanol–water partition coefficient (Wildman–Crippen LogP) is 4.93. The molecule has 0 saturated carbocycles. The van der Waals surface area contributed by atoms with Gasteiger partial charge < -0.3 is 20.0 Å². The van der Waals surface area contributed by atoms with Gasteiger partial charge in [-0.05, 0) is 55.3 Å². The molecule has 30 heavy (non-hydrogen) atoms. The number of hydrogen-bond acceptors (Lipinski definition) is 5. The van der Waals surface area contributed by atoms with Crippen molar-refractivity contribution in [1.29, 1.82) is 0 Å². The first-order valence-electron chi connectivity index (χ1n) is 9.29. The third-order valence-electron chi connectivity index (χ3n) is 4.68. The van der Waals surface area contributed by atoms with Crippen LogP contribution >= 0.6 is 22.9 Å². The van der Waals surface area contributed by atoms with Gasteiger partial charge in [-0.15, -0.1) is 11.3 Å². The molecule has 2 aromatic heterocycles. The normalized spacial score (nSPS) is 13.5. The van der Waals surface area contributed by atoms with Gasteiger partial charge in [0, 0.05) is 18.7 Å². The highest BCUT2D eigenvalue weighted by Crippen LogP contribution is 2.33. The number of rotatable bonds is 5. The molecule has 0 atom stereocenters. The minimum Gasteiger partial charge on any atom is -0.459 e. The lowest BCUT2D eigenvalue weighted by atomic mass is 10.2. The average molecular weight is 444 g/mol. The summed E-state index contributed by atoms with van der Waals surface area (Å²) in [5.74, 6) is -0.450. The molecule has 9 heteroatoms. The Balaban J connectivity index is 1.46. The Kier molecular flexibility index (Phi) is 5.61. The van der Waals surface area contributed by atoms with Gasteiger partial charge in [-0.2, -0.15) is 0 Å². The molecule has 7 nitrogen and oxygen atoms in total. The van der Waals surface area contributed by atoms with Crippen LogP contribution in [0.4, 0.5) is 16.4 Å². The van der Waals surface area contributed by atoms with E-state index in [1.807, 2.05) is 0 Å². The summed E-state index contributed by atoms with van der Waals surface area (Å²) in [4.78, 5) is 38.9. The summed E-state index contributed by atoms with van der Waals surface area (Å²) in [6, 6.07) is 10.00. The number of hydrogen-bond donors (Lipinski definition) is 2. The SMILES string of the molecule is Cc1cc(NC(=O)c2ccco2)sc1C(=O)Nc1ccc(N2CCCC2=O)c(Cl)c1. The molecular formula is C21H18ClN3O4S. The van der Waals surface area contributed by atoms with Gasteiger partial charge in [0.1, 0.15) is 0 Å². The van der Waals surface area contributed by atoms with Gasteiger partial charge in [0.15, 0.2) is 5.76 Å². The summed E-state index contributed by atoms with van der Waals surface area (Å²) in [6.45, 7) is 2.44. The molecule has 0 radical (unpaired) electrons. The highest BCUT2D eigenvalue weighted by Gasteiger charge is 2.24. The predicted molar refractivity (Wildman–Crippen MR) is 117 cm³/mol. The molecule has 0 bridgehead atoms. The highest BCUT2D eigenvalue weighted by atomic mass is 35.5. The second-order valence-electron chi connectivity index (χ2n) is 6.82. The van der Waals surface area contributed by atoms with Crippen LogP contribution in [0.2, 0.25) is 5.02 Å². The number of benzene rings is 1. The molecule has 1 aromatic carbocycles. The minimum absolute atomic E-state index is 0.0482. The number of amides is 3. The van der Waals surface area contributed by atoms with Crippen LogP contribution in [0.15, 0.2) is 47.1 Å². The maximum absolute atomic E-state index is 12.7. The molecular weight excluding hydrogens is 426 g/mol. The molecule has 3 amide bonds. The van der Waals surface area contributed by atoms with Gasteiger partial charge >= 0.3 is 0 Å². The van der Waals surface area contributed by atoms with E-state index in [-0.39, 0.29) is 23.5 Å². The number of halogens is 1. The minimum atomic E-state index is -0.382. The van der Waals surface area contributed by atoms with Crippen molar-refractivity contribution in [3.63, 3.8) is 0 Å². The topological polar surface area (TPSA) is 91.7 Å². The molecule has 0 aliphatic carbocycles. The van der Waals surface area contributed by atoms with Crippen molar-refractivity contribution in [3.8, 4) is 0 Å². The molecule has 1 aliphatic rings. The lowest BCUT2D eigenvalue weighted by Gasteiger charge is -2.18. The number of carbonyl (C=O) groups is 3. The monoisotopic (exact) mass is 443 g/mol. The van der Waals surface area contributed by atoms with E-state index in [4.69, 9.17) is 16.0 Å². The number of carbonyl (C=O) groups excluding carboxylic acids is 3. The molecule has 3 heterocycles. The fourth-order valence-electron chi connectivity index (χ4n) is 3.24. The van der Waals surface area contributed by atoms with Crippen molar-refractivity contribution >= 4 is 57.0 Å². The largest absolute Gasteiger partial charge is 0.459 e. The van der Waals surface area contributed by atoms with Crippen LogP contribution in [0.5, 0.6) is 0 Å². The van der Waals surface area contributed by atoms with Gasteiger partial charge in [0.05, 0.1) is 26.9 Å². The summed E-state index contributed by atoms with van der Waals surface area (Å²) in [5, 5.41) is 6.48. The Hall–Kier alpha value is -3.10. The van der Waals surface area contributed by atoms with Crippen molar-refractivity contribution < 1.29 is 18.8 Å². The van der Waals surface area contributed by atoms with Crippen LogP contribution in [0.1, 0.15) is 38.6 Å². The molecule has 0 unspecified atom stereocenters. The fraction of sp³-hybridized carbons (Fsp3) is 0.190. The van der Waals surface area contributed by atoms with Crippen LogP contribution in [-0.4, -0.2) is 24.3 Å². The molecule has 0 spiro atoms. The zero-order valence-electron chi connectivity index (χ0n) is 16.0. The number of furan rings is 1. The third kappa shape index (κ3) is 4.10. The smallest absolute Gasteiger partial charge is 0.291 e. The van der Waals surface area contributed by atoms with Crippen molar-refractivity contribution in [2.24, 2.45) is 0 Å². The van der Waals surface area contributed by atoms with Crippen LogP contribution in [-0.2, 0) is 4.79 Å². The van der Waals surface area contributed by atoms with E-state index in [0.717, 1.165) is 12.0 Å². The lowest BCUT2D eigenvalue weighted by Crippen LogP contribution is -2.24. The molecule has 1 saturated heterocycles. The second-order valence-corrected chi connectivity index (χ2v) is 8.28. The number of nitrogens with one attached hydrogen (secondary N) is 2. The van der Waals surface area contributed by atoms with E-state index < -0.39 is 0 Å². The Bertz CT molecular complexity index is 1120. The lowest BCUT2D eigenvalue weighted by molar-refractivity contribution is -0.117. The number of aryl methyl sites for hydroxylation is 1. The summed E-state index contributed by atoms with van der Waals surface area (Å²) >= 11 is 7.52. The van der Waals surface area contributed by atoms with E-state index in [2.05, 4.69) is 10.6 Å². The summed E-state index contributed by atoms with van der Waals surface area (Å²) in [5.41, 5.74) is 1.90. The number of thiophene rings is 1. The summed E-state index contributed by atoms with van der Waals surface area (Å²) < 4.78 is 5.07. The Morgan fingerprint density at radius 3 is 2.67 bits per heavy atom. The Labute approximate surface area is 181 Å². The molecule has 2 N–H and O–H groups in total. The molecule has 1 fully saturated rings. The van der Waals surface area contributed by atoms with Crippen LogP contribution < -0.4 is 15.5 Å². The fourth-order valence-corrected chi connectivity index (χ4v) is 4.49. The first-order valence-corrected chi connectivity index (χ1v) is 10.5. The molecule has 154 valence electrons. The summed E-state index contributed by atoms with van der Waals surface area (Å²) in [6.07, 6.45) is 2.75. The average Bonchev–Trinajstić information content (AvgIpc) is 3.44. The van der Waals surface area contributed by atoms with E-state index in [1.54, 1.807) is 48.2 Å². The standard InChI is InChI=1S/C21H18ClN3O4S/c1-12-10-17(24-20(27)16-4-3-9-29-16)30-19(12)21(28)23-13-6-7-15(14(22)11-13)25-8-2-5-18(25)26/h3-4,6-7,9-11H,2,5,8H2,1H3,(H,23,28)(H,24,27). The van der Waals surface area contributed by atoms with Crippen molar-refractivity contribution in [2.75, 3.05) is 22.1 Å². The van der Waals surface area contributed by atoms with Gasteiger partial charge in [0.2, 0.25) is 5.91 Å². The van der Waals surface area contributed by atoms with Gasteiger partial charge in [0.25, 0.3) is 11.8 Å². The van der Waals surface area contributed by atoms with E-state index >= 15 is 0 Å². The van der Waals surface area contributed by atoms with Gasteiger partial charge in [-0.1, -0.05) is 11.6 Å². The van der Waals surface area contributed by atoms with Crippen LogP contribution in [0.3, 0.4) is 0 Å². The first-order chi connectivity index (χ1) is 14.4. The van der Waals surface area contributed by atoms with Crippen molar-refractivity contribution in [1.82, 2.24) is 0 Å².